The summed E-state index contributed by atoms with van der Waals surface area (Å²) >= 11 is 0. The lowest BCUT2D eigenvalue weighted by Gasteiger charge is -2.12. The van der Waals surface area contributed by atoms with Gasteiger partial charge in [-0.25, -0.2) is 0 Å². The molecule has 2 aromatic rings. The van der Waals surface area contributed by atoms with E-state index in [1.54, 1.807) is 36.4 Å². The van der Waals surface area contributed by atoms with E-state index in [0.29, 0.717) is 13.2 Å². The van der Waals surface area contributed by atoms with E-state index in [2.05, 4.69) is 20.1 Å². The number of benzene rings is 2. The van der Waals surface area contributed by atoms with Crippen molar-refractivity contribution in [1.29, 1.82) is 0 Å². The summed E-state index contributed by atoms with van der Waals surface area (Å²) in [7, 11) is 0. The number of aromatic hydroxyl groups is 2. The molecule has 0 amide bonds. The number of ether oxygens (including phenoxy) is 1. The van der Waals surface area contributed by atoms with Crippen LogP contribution in [0.5, 0.6) is 11.5 Å². The summed E-state index contributed by atoms with van der Waals surface area (Å²) < 4.78 is 4.90. The Hall–Kier alpha value is -2.52. The second kappa shape index (κ2) is 10.2. The van der Waals surface area contributed by atoms with Gasteiger partial charge in [-0.15, -0.1) is 13.2 Å². The van der Waals surface area contributed by atoms with Crippen molar-refractivity contribution in [2.45, 2.75) is 12.8 Å². The molecule has 0 saturated heterocycles. The molecule has 0 aromatic heterocycles. The highest BCUT2D eigenvalue weighted by Gasteiger charge is 2.07. The third kappa shape index (κ3) is 6.85. The zero-order chi connectivity index (χ0) is 17.1. The number of phenols is 2. The van der Waals surface area contributed by atoms with Gasteiger partial charge in [0.2, 0.25) is 0 Å². The fourth-order valence-corrected chi connectivity index (χ4v) is 1.95. The van der Waals surface area contributed by atoms with Crippen molar-refractivity contribution in [3.63, 3.8) is 0 Å². The summed E-state index contributed by atoms with van der Waals surface area (Å²) in [5.41, 5.74) is 2.28. The maximum absolute atomic E-state index is 9.21. The topological polar surface area (TPSA) is 49.7 Å². The van der Waals surface area contributed by atoms with Crippen LogP contribution in [0.2, 0.25) is 0 Å². The smallest absolute Gasteiger partial charge is 0.115 e. The zero-order valence-electron chi connectivity index (χ0n) is 13.5. The number of hydrogen-bond donors (Lipinski definition) is 2. The summed E-state index contributed by atoms with van der Waals surface area (Å²) in [5.74, 6) is 0.810. The Balaban J connectivity index is 0.000000322. The van der Waals surface area contributed by atoms with E-state index < -0.39 is 0 Å². The fourth-order valence-electron chi connectivity index (χ4n) is 1.95. The Labute approximate surface area is 138 Å². The van der Waals surface area contributed by atoms with Crippen LogP contribution >= 0.6 is 0 Å². The molecule has 2 N–H and O–H groups in total. The first-order valence-electron chi connectivity index (χ1n) is 7.45. The minimum Gasteiger partial charge on any atom is -0.508 e. The molecule has 0 spiro atoms. The molecule has 0 unspecified atom stereocenters. The maximum Gasteiger partial charge on any atom is 0.115 e. The summed E-state index contributed by atoms with van der Waals surface area (Å²) in [6.45, 7) is 10.3. The molecule has 0 aliphatic carbocycles. The van der Waals surface area contributed by atoms with Crippen LogP contribution in [-0.4, -0.2) is 23.4 Å². The molecule has 0 fully saturated rings. The summed E-state index contributed by atoms with van der Waals surface area (Å²) in [5, 5.41) is 18.4. The number of rotatable bonds is 6. The van der Waals surface area contributed by atoms with Crippen LogP contribution in [0.25, 0.3) is 0 Å². The van der Waals surface area contributed by atoms with Gasteiger partial charge in [-0.2, -0.15) is 0 Å². The molecule has 3 heteroatoms. The predicted molar refractivity (Wildman–Crippen MR) is 94.9 cm³/mol. The molecular formula is C20H24O3. The van der Waals surface area contributed by atoms with Crippen LogP contribution in [0.4, 0.5) is 0 Å². The van der Waals surface area contributed by atoms with Crippen LogP contribution in [0.1, 0.15) is 24.0 Å². The van der Waals surface area contributed by atoms with Gasteiger partial charge in [-0.3, -0.25) is 0 Å². The molecule has 0 atom stereocenters. The van der Waals surface area contributed by atoms with Gasteiger partial charge < -0.3 is 14.9 Å². The molecule has 0 bridgehead atoms. The fraction of sp³-hybridized carbons (Fsp3) is 0.200. The van der Waals surface area contributed by atoms with Gasteiger partial charge in [0.25, 0.3) is 0 Å². The Morgan fingerprint density at radius 2 is 1.17 bits per heavy atom. The largest absolute Gasteiger partial charge is 0.508 e. The predicted octanol–water partition coefficient (Wildman–Crippen LogP) is 4.62. The highest BCUT2D eigenvalue weighted by atomic mass is 16.5. The first kappa shape index (κ1) is 18.5. The Bertz CT molecular complexity index is 532. The Morgan fingerprint density at radius 1 is 0.826 bits per heavy atom. The van der Waals surface area contributed by atoms with Crippen LogP contribution in [0.15, 0.2) is 73.8 Å². The lowest BCUT2D eigenvalue weighted by atomic mass is 9.93. The quantitative estimate of drug-likeness (QED) is 0.604. The lowest BCUT2D eigenvalue weighted by molar-refractivity contribution is 0.194. The van der Waals surface area contributed by atoms with Crippen LogP contribution in [0, 0.1) is 0 Å². The molecule has 2 rings (SSSR count). The maximum atomic E-state index is 9.21. The zero-order valence-corrected chi connectivity index (χ0v) is 13.5. The highest BCUT2D eigenvalue weighted by Crippen LogP contribution is 2.26. The van der Waals surface area contributed by atoms with Gasteiger partial charge in [-0.1, -0.05) is 43.3 Å². The average Bonchev–Trinajstić information content (AvgIpc) is 2.57. The summed E-state index contributed by atoms with van der Waals surface area (Å²) in [6.07, 6.45) is 3.42. The molecule has 0 saturated carbocycles. The number of phenolic OH excluding ortho intramolecular Hbond substituents is 2. The van der Waals surface area contributed by atoms with E-state index in [9.17, 15) is 10.2 Å². The second-order valence-electron chi connectivity index (χ2n) is 5.02. The van der Waals surface area contributed by atoms with Gasteiger partial charge in [-0.05, 0) is 35.4 Å². The molecule has 122 valence electrons. The van der Waals surface area contributed by atoms with Gasteiger partial charge >= 0.3 is 0 Å². The van der Waals surface area contributed by atoms with Crippen molar-refractivity contribution >= 4 is 0 Å². The minimum atomic E-state index is 0.251. The van der Waals surface area contributed by atoms with Crippen molar-refractivity contribution < 1.29 is 14.9 Å². The molecular weight excluding hydrogens is 288 g/mol. The third-order valence-electron chi connectivity index (χ3n) is 3.26. The van der Waals surface area contributed by atoms with E-state index in [-0.39, 0.29) is 17.4 Å². The first-order chi connectivity index (χ1) is 11.1. The third-order valence-corrected chi connectivity index (χ3v) is 3.26. The number of hydrogen-bond acceptors (Lipinski definition) is 3. The van der Waals surface area contributed by atoms with E-state index in [0.717, 1.165) is 11.1 Å². The molecule has 0 aliphatic heterocycles. The monoisotopic (exact) mass is 312 g/mol. The van der Waals surface area contributed by atoms with E-state index >= 15 is 0 Å². The standard InChI is InChI=1S/C14H14O2.C6H10O/c1-10(11-2-6-13(15)7-3-11)12-4-8-14(16)9-5-12;1-3-5-7-6-4-2/h2-10,15-16H,1H3;3-4H,1-2,5-6H2. The highest BCUT2D eigenvalue weighted by molar-refractivity contribution is 5.36. The Kier molecular flexibility index (Phi) is 8.25. The molecule has 23 heavy (non-hydrogen) atoms. The van der Waals surface area contributed by atoms with E-state index in [4.69, 9.17) is 4.74 Å². The summed E-state index contributed by atoms with van der Waals surface area (Å²) in [4.78, 5) is 0. The lowest BCUT2D eigenvalue weighted by Crippen LogP contribution is -1.94. The average molecular weight is 312 g/mol. The molecule has 0 heterocycles. The van der Waals surface area contributed by atoms with Crippen LogP contribution < -0.4 is 0 Å². The van der Waals surface area contributed by atoms with Crippen molar-refractivity contribution in [3.05, 3.63) is 85.0 Å². The molecule has 0 radical (unpaired) electrons. The molecule has 2 aromatic carbocycles. The summed E-state index contributed by atoms with van der Waals surface area (Å²) in [6, 6.07) is 14.4. The second-order valence-corrected chi connectivity index (χ2v) is 5.02. The van der Waals surface area contributed by atoms with Gasteiger partial charge in [0.05, 0.1) is 13.2 Å². The van der Waals surface area contributed by atoms with Crippen LogP contribution in [-0.2, 0) is 4.74 Å². The molecule has 3 nitrogen and oxygen atoms in total. The van der Waals surface area contributed by atoms with Crippen LogP contribution in [0.3, 0.4) is 0 Å². The van der Waals surface area contributed by atoms with Crippen molar-refractivity contribution in [2.75, 3.05) is 13.2 Å². The SMILES string of the molecule is C=CCOCC=C.CC(c1ccc(O)cc1)c1ccc(O)cc1. The normalized spacial score (nSPS) is 9.83. The Morgan fingerprint density at radius 3 is 1.48 bits per heavy atom. The van der Waals surface area contributed by atoms with Crippen molar-refractivity contribution in [3.8, 4) is 11.5 Å². The first-order valence-corrected chi connectivity index (χ1v) is 7.45. The van der Waals surface area contributed by atoms with E-state index in [1.807, 2.05) is 24.3 Å². The van der Waals surface area contributed by atoms with Gasteiger partial charge in [0.15, 0.2) is 0 Å². The van der Waals surface area contributed by atoms with Gasteiger partial charge in [0, 0.05) is 5.92 Å². The van der Waals surface area contributed by atoms with Crippen molar-refractivity contribution in [1.82, 2.24) is 0 Å². The van der Waals surface area contributed by atoms with Crippen molar-refractivity contribution in [2.24, 2.45) is 0 Å². The minimum absolute atomic E-state index is 0.251. The molecule has 0 aliphatic rings. The van der Waals surface area contributed by atoms with E-state index in [1.165, 1.54) is 0 Å². The van der Waals surface area contributed by atoms with Gasteiger partial charge in [0.1, 0.15) is 11.5 Å².